The van der Waals surface area contributed by atoms with Crippen LogP contribution < -0.4 is 5.32 Å². The predicted octanol–water partition coefficient (Wildman–Crippen LogP) is 8.90. The number of rotatable bonds is 9. The Morgan fingerprint density at radius 2 is 1.76 bits per heavy atom. The maximum atomic E-state index is 12.8. The molecular formula is C38H44Cl2N2O4. The largest absolute Gasteiger partial charge is 0.497 e. The monoisotopic (exact) mass is 662 g/mol. The van der Waals surface area contributed by atoms with Gasteiger partial charge in [0, 0.05) is 40.8 Å². The zero-order valence-corrected chi connectivity index (χ0v) is 28.8. The highest BCUT2D eigenvalue weighted by atomic mass is 35.5. The Hall–Kier alpha value is -3.58. The Bertz CT molecular complexity index is 1530. The summed E-state index contributed by atoms with van der Waals surface area (Å²) in [4.78, 5) is 27.3. The van der Waals surface area contributed by atoms with E-state index in [0.717, 1.165) is 41.8 Å². The second-order valence-electron chi connectivity index (χ2n) is 12.7. The van der Waals surface area contributed by atoms with Crippen molar-refractivity contribution in [3.05, 3.63) is 129 Å². The number of allylic oxidation sites excluding steroid dienone is 6. The van der Waals surface area contributed by atoms with Gasteiger partial charge in [0.1, 0.15) is 11.4 Å². The lowest BCUT2D eigenvalue weighted by Gasteiger charge is -2.32. The summed E-state index contributed by atoms with van der Waals surface area (Å²) in [7, 11) is 1.67. The third kappa shape index (κ3) is 9.96. The lowest BCUT2D eigenvalue weighted by atomic mass is 9.92. The third-order valence-electron chi connectivity index (χ3n) is 8.08. The van der Waals surface area contributed by atoms with Crippen molar-refractivity contribution in [2.24, 2.45) is 0 Å². The van der Waals surface area contributed by atoms with Gasteiger partial charge in [-0.2, -0.15) is 0 Å². The quantitative estimate of drug-likeness (QED) is 0.272. The van der Waals surface area contributed by atoms with Crippen LogP contribution in [0.3, 0.4) is 0 Å². The predicted molar refractivity (Wildman–Crippen MR) is 187 cm³/mol. The second-order valence-corrected chi connectivity index (χ2v) is 13.6. The second kappa shape index (κ2) is 15.8. The molecule has 1 saturated heterocycles. The molecule has 46 heavy (non-hydrogen) atoms. The van der Waals surface area contributed by atoms with E-state index in [-0.39, 0.29) is 42.8 Å². The summed E-state index contributed by atoms with van der Waals surface area (Å²) in [6, 6.07) is 13.6. The van der Waals surface area contributed by atoms with Crippen LogP contribution in [0.1, 0.15) is 80.4 Å². The summed E-state index contributed by atoms with van der Waals surface area (Å²) in [5, 5.41) is 4.08. The average Bonchev–Trinajstić information content (AvgIpc) is 3.44. The number of carbonyl (C=O) groups is 2. The molecule has 244 valence electrons. The third-order valence-corrected chi connectivity index (χ3v) is 8.52. The summed E-state index contributed by atoms with van der Waals surface area (Å²) >= 11 is 12.9. The van der Waals surface area contributed by atoms with Gasteiger partial charge in [-0.15, -0.1) is 0 Å². The van der Waals surface area contributed by atoms with Crippen LogP contribution in [0, 0.1) is 0 Å². The molecule has 1 unspecified atom stereocenters. The number of hydrogen-bond acceptors (Lipinski definition) is 5. The molecule has 4 rings (SSSR count). The highest BCUT2D eigenvalue weighted by Gasteiger charge is 2.37. The molecular weight excluding hydrogens is 619 g/mol. The zero-order valence-electron chi connectivity index (χ0n) is 27.3. The van der Waals surface area contributed by atoms with E-state index in [0.29, 0.717) is 15.6 Å². The Balaban J connectivity index is 1.55. The van der Waals surface area contributed by atoms with E-state index in [2.05, 4.69) is 41.9 Å². The smallest absolute Gasteiger partial charge is 0.308 e. The molecule has 1 heterocycles. The molecule has 0 aromatic heterocycles. The average molecular weight is 664 g/mol. The van der Waals surface area contributed by atoms with Gasteiger partial charge in [-0.3, -0.25) is 14.5 Å². The van der Waals surface area contributed by atoms with Gasteiger partial charge < -0.3 is 14.8 Å². The lowest BCUT2D eigenvalue weighted by molar-refractivity contribution is -0.154. The minimum atomic E-state index is -0.555. The summed E-state index contributed by atoms with van der Waals surface area (Å²) in [5.41, 5.74) is 4.25. The number of halogens is 2. The number of carbonyl (C=O) groups excluding carboxylic acids is 2. The van der Waals surface area contributed by atoms with Gasteiger partial charge in [0.05, 0.1) is 13.5 Å². The van der Waals surface area contributed by atoms with E-state index >= 15 is 0 Å². The number of nitrogens with zero attached hydrogens (tertiary/aromatic N) is 1. The fourth-order valence-corrected chi connectivity index (χ4v) is 6.40. The van der Waals surface area contributed by atoms with Gasteiger partial charge >= 0.3 is 5.97 Å². The van der Waals surface area contributed by atoms with Crippen LogP contribution in [0.4, 0.5) is 0 Å². The van der Waals surface area contributed by atoms with Crippen molar-refractivity contribution in [1.82, 2.24) is 10.2 Å². The first-order valence-electron chi connectivity index (χ1n) is 15.6. The van der Waals surface area contributed by atoms with Crippen molar-refractivity contribution >= 4 is 35.1 Å². The molecule has 1 N–H and O–H groups in total. The van der Waals surface area contributed by atoms with E-state index in [1.165, 1.54) is 5.57 Å². The van der Waals surface area contributed by atoms with Gasteiger partial charge in [-0.05, 0) is 111 Å². The molecule has 2 aromatic rings. The molecule has 6 nitrogen and oxygen atoms in total. The van der Waals surface area contributed by atoms with E-state index in [1.54, 1.807) is 13.2 Å². The van der Waals surface area contributed by atoms with Crippen LogP contribution in [0.2, 0.25) is 10.0 Å². The molecule has 2 aliphatic rings. The van der Waals surface area contributed by atoms with Gasteiger partial charge in [0.2, 0.25) is 0 Å². The number of esters is 1. The summed E-state index contributed by atoms with van der Waals surface area (Å²) in [5.74, 6) is 0.449. The van der Waals surface area contributed by atoms with Crippen molar-refractivity contribution in [3.8, 4) is 0 Å². The maximum absolute atomic E-state index is 12.8. The number of amides is 1. The minimum Gasteiger partial charge on any atom is -0.497 e. The first-order chi connectivity index (χ1) is 21.8. The standard InChI is InChI=1S/C38H44Cl2N2O4/c1-25-11-16-34(45-6)10-8-7-9-29(19-25)35-22-31(30-20-32(39)23-33(40)21-30)24-42(35)26(2)27-12-14-28(15-13-27)37(44)41-18-17-36(43)46-38(3,4)5/h7,9-16,19-21,23,26,31,35H,1,8,17-18,22,24H2,2-6H3,(H,41,44)/b9-7-,16-11-,29-19?,34-10+/t26?,31-,35+/m0/s1. The zero-order chi connectivity index (χ0) is 33.4. The van der Waals surface area contributed by atoms with Gasteiger partial charge in [0.15, 0.2) is 0 Å². The molecule has 8 heteroatoms. The topological polar surface area (TPSA) is 67.9 Å². The number of nitrogens with one attached hydrogen (secondary N) is 1. The van der Waals surface area contributed by atoms with Crippen LogP contribution in [-0.4, -0.2) is 48.6 Å². The van der Waals surface area contributed by atoms with Crippen LogP contribution in [0.15, 0.2) is 102 Å². The lowest BCUT2D eigenvalue weighted by Crippen LogP contribution is -2.33. The molecule has 1 aliphatic heterocycles. The molecule has 2 aromatic carbocycles. The van der Waals surface area contributed by atoms with E-state index in [1.807, 2.05) is 75.4 Å². The maximum Gasteiger partial charge on any atom is 0.308 e. The van der Waals surface area contributed by atoms with Gasteiger partial charge in [0.25, 0.3) is 5.91 Å². The van der Waals surface area contributed by atoms with Crippen molar-refractivity contribution in [1.29, 1.82) is 0 Å². The van der Waals surface area contributed by atoms with Gasteiger partial charge in [-0.25, -0.2) is 0 Å². The van der Waals surface area contributed by atoms with Crippen molar-refractivity contribution < 1.29 is 19.1 Å². The highest BCUT2D eigenvalue weighted by Crippen LogP contribution is 2.42. The number of hydrogen-bond donors (Lipinski definition) is 1. The minimum absolute atomic E-state index is 0.0439. The SMILES string of the molecule is C=C1C=C([C@H]2C[C@H](c3cc(Cl)cc(Cl)c3)CN2C(C)c2ccc(C(=O)NCCC(=O)OC(C)(C)C)cc2)/C=C\C/C=C(OC)\C=C/1. The van der Waals surface area contributed by atoms with Crippen LogP contribution in [-0.2, 0) is 14.3 Å². The Labute approximate surface area is 283 Å². The molecule has 1 amide bonds. The van der Waals surface area contributed by atoms with Crippen LogP contribution >= 0.6 is 23.2 Å². The molecule has 1 aliphatic carbocycles. The first kappa shape index (κ1) is 35.3. The molecule has 0 bridgehead atoms. The summed E-state index contributed by atoms with van der Waals surface area (Å²) in [6.07, 6.45) is 14.2. The number of likely N-dealkylation sites (tertiary alicyclic amines) is 1. The molecule has 3 atom stereocenters. The summed E-state index contributed by atoms with van der Waals surface area (Å²) < 4.78 is 10.8. The van der Waals surface area contributed by atoms with Crippen LogP contribution in [0.5, 0.6) is 0 Å². The number of benzene rings is 2. The molecule has 0 spiro atoms. The van der Waals surface area contributed by atoms with E-state index in [4.69, 9.17) is 32.7 Å². The van der Waals surface area contributed by atoms with Crippen molar-refractivity contribution in [2.75, 3.05) is 20.2 Å². The van der Waals surface area contributed by atoms with E-state index < -0.39 is 5.60 Å². The van der Waals surface area contributed by atoms with Crippen LogP contribution in [0.25, 0.3) is 0 Å². The first-order valence-corrected chi connectivity index (χ1v) is 16.4. The number of ether oxygens (including phenoxy) is 2. The fourth-order valence-electron chi connectivity index (χ4n) is 5.86. The van der Waals surface area contributed by atoms with E-state index in [9.17, 15) is 9.59 Å². The van der Waals surface area contributed by atoms with Crippen molar-refractivity contribution in [3.63, 3.8) is 0 Å². The Morgan fingerprint density at radius 1 is 1.07 bits per heavy atom. The normalized spacial score (nSPS) is 22.2. The van der Waals surface area contributed by atoms with Crippen molar-refractivity contribution in [2.45, 2.75) is 70.6 Å². The number of methoxy groups -OCH3 is 1. The Morgan fingerprint density at radius 3 is 2.41 bits per heavy atom. The fraction of sp³-hybridized carbons (Fsp3) is 0.368. The molecule has 0 saturated carbocycles. The Kier molecular flexibility index (Phi) is 12.1. The molecule has 1 fully saturated rings. The van der Waals surface area contributed by atoms with Gasteiger partial charge in [-0.1, -0.05) is 66.2 Å². The highest BCUT2D eigenvalue weighted by molar-refractivity contribution is 6.34. The summed E-state index contributed by atoms with van der Waals surface area (Å²) in [6.45, 7) is 13.0. The molecule has 0 radical (unpaired) electrons.